The fourth-order valence-electron chi connectivity index (χ4n) is 10.7. The quantitative estimate of drug-likeness (QED) is 0.0891. The minimum Gasteiger partial charge on any atom is -0.310 e. The number of nitrogens with zero attached hydrogens (tertiary/aromatic N) is 2. The summed E-state index contributed by atoms with van der Waals surface area (Å²) in [6.45, 7) is 0. The first-order chi connectivity index (χ1) is 34.8. The van der Waals surface area contributed by atoms with E-state index in [2.05, 4.69) is 301 Å². The van der Waals surface area contributed by atoms with Crippen LogP contribution in [0.3, 0.4) is 0 Å². The molecule has 0 saturated heterocycles. The van der Waals surface area contributed by atoms with E-state index in [-0.39, 0.29) is 11.8 Å². The maximum Gasteiger partial charge on any atom is 0.0546 e. The minimum atomic E-state index is 0.104. The molecule has 0 N–H and O–H groups in total. The zero-order valence-electron chi connectivity index (χ0n) is 38.8. The molecule has 0 aliphatic heterocycles. The Hall–Kier alpha value is -8.98. The monoisotopic (exact) mass is 894 g/mol. The number of para-hydroxylation sites is 2. The smallest absolute Gasteiger partial charge is 0.0546 e. The van der Waals surface area contributed by atoms with E-state index in [9.17, 15) is 0 Å². The van der Waals surface area contributed by atoms with Gasteiger partial charge < -0.3 is 9.80 Å². The van der Waals surface area contributed by atoms with Gasteiger partial charge in [0.15, 0.2) is 0 Å². The highest BCUT2D eigenvalue weighted by Crippen LogP contribution is 2.48. The summed E-state index contributed by atoms with van der Waals surface area (Å²) < 4.78 is 0. The fraction of sp³-hybridized carbons (Fsp3) is 0.0294. The predicted molar refractivity (Wildman–Crippen MR) is 296 cm³/mol. The lowest BCUT2D eigenvalue weighted by Crippen LogP contribution is -2.12. The number of benzene rings is 12. The van der Waals surface area contributed by atoms with E-state index in [1.54, 1.807) is 0 Å². The Kier molecular flexibility index (Phi) is 11.5. The van der Waals surface area contributed by atoms with E-state index in [0.29, 0.717) is 0 Å². The van der Waals surface area contributed by atoms with Crippen molar-refractivity contribution in [1.29, 1.82) is 0 Å². The Morgan fingerprint density at radius 2 is 0.457 bits per heavy atom. The average molecular weight is 895 g/mol. The van der Waals surface area contributed by atoms with Gasteiger partial charge in [-0.05, 0) is 116 Å². The molecule has 0 aliphatic rings. The molecular formula is C68H50N2. The molecule has 0 spiro atoms. The highest BCUT2D eigenvalue weighted by atomic mass is 15.2. The standard InChI is InChI=1S/C68H50N2/c1-7-23-49(24-8-1)66(50-25-9-2-10-26-50)53-39-43-58(44-40-53)69(56-31-15-5-16-32-56)64-47-55-48-65(61-36-20-22-38-63(61)68(55)62-37-21-19-35-60(62)64)70(57-33-17-6-18-34-57)59-45-41-54(42-46-59)67(51-27-11-3-12-28-51)52-29-13-4-14-30-52/h1-48,66-67H. The van der Waals surface area contributed by atoms with Crippen LogP contribution in [-0.2, 0) is 0 Å². The van der Waals surface area contributed by atoms with Gasteiger partial charge in [0.05, 0.1) is 11.4 Å². The topological polar surface area (TPSA) is 6.48 Å². The molecule has 12 aromatic rings. The van der Waals surface area contributed by atoms with Crippen LogP contribution in [-0.4, -0.2) is 0 Å². The van der Waals surface area contributed by atoms with Crippen LogP contribution in [0.2, 0.25) is 0 Å². The number of hydrogen-bond donors (Lipinski definition) is 0. The normalized spacial score (nSPS) is 11.4. The fourth-order valence-corrected chi connectivity index (χ4v) is 10.7. The highest BCUT2D eigenvalue weighted by Gasteiger charge is 2.24. The van der Waals surface area contributed by atoms with E-state index in [0.717, 1.165) is 34.1 Å². The number of anilines is 6. The third kappa shape index (κ3) is 8.06. The van der Waals surface area contributed by atoms with Crippen molar-refractivity contribution >= 4 is 66.4 Å². The van der Waals surface area contributed by atoms with Gasteiger partial charge >= 0.3 is 0 Å². The van der Waals surface area contributed by atoms with Gasteiger partial charge in [0, 0.05) is 45.4 Å². The molecule has 0 fully saturated rings. The Bertz CT molecular complexity index is 3350. The summed E-state index contributed by atoms with van der Waals surface area (Å²) in [6.07, 6.45) is 0. The number of rotatable bonds is 12. The lowest BCUT2D eigenvalue weighted by atomic mass is 9.85. The Morgan fingerprint density at radius 3 is 0.771 bits per heavy atom. The van der Waals surface area contributed by atoms with Crippen molar-refractivity contribution in [3.8, 4) is 0 Å². The van der Waals surface area contributed by atoms with Crippen LogP contribution in [0.1, 0.15) is 45.2 Å². The molecule has 12 aromatic carbocycles. The second-order valence-corrected chi connectivity index (χ2v) is 18.0. The van der Waals surface area contributed by atoms with E-state index in [4.69, 9.17) is 0 Å². The van der Waals surface area contributed by atoms with Crippen LogP contribution in [0.25, 0.3) is 32.3 Å². The molecule has 0 unspecified atom stereocenters. The van der Waals surface area contributed by atoms with Gasteiger partial charge in [-0.25, -0.2) is 0 Å². The summed E-state index contributed by atoms with van der Waals surface area (Å²) >= 11 is 0. The molecule has 2 nitrogen and oxygen atoms in total. The maximum atomic E-state index is 2.43. The van der Waals surface area contributed by atoms with Crippen molar-refractivity contribution in [3.63, 3.8) is 0 Å². The van der Waals surface area contributed by atoms with E-state index >= 15 is 0 Å². The zero-order chi connectivity index (χ0) is 46.6. The molecular weight excluding hydrogens is 845 g/mol. The summed E-state index contributed by atoms with van der Waals surface area (Å²) in [5, 5.41) is 7.22. The molecule has 0 bridgehead atoms. The molecule has 2 heteroatoms. The number of fused-ring (bicyclic) bond motifs is 5. The summed E-state index contributed by atoms with van der Waals surface area (Å²) in [5.74, 6) is 0.209. The molecule has 0 aromatic heterocycles. The van der Waals surface area contributed by atoms with Gasteiger partial charge in [0.2, 0.25) is 0 Å². The summed E-state index contributed by atoms with van der Waals surface area (Å²) in [7, 11) is 0. The molecule has 0 amide bonds. The lowest BCUT2D eigenvalue weighted by Gasteiger charge is -2.30. The van der Waals surface area contributed by atoms with E-state index in [1.165, 1.54) is 65.7 Å². The number of hydrogen-bond acceptors (Lipinski definition) is 2. The zero-order valence-corrected chi connectivity index (χ0v) is 38.8. The van der Waals surface area contributed by atoms with Crippen molar-refractivity contribution in [2.75, 3.05) is 9.80 Å². The van der Waals surface area contributed by atoms with Gasteiger partial charge in [0.25, 0.3) is 0 Å². The molecule has 0 saturated carbocycles. The van der Waals surface area contributed by atoms with Gasteiger partial charge in [0.1, 0.15) is 0 Å². The van der Waals surface area contributed by atoms with Crippen molar-refractivity contribution in [2.45, 2.75) is 11.8 Å². The van der Waals surface area contributed by atoms with Gasteiger partial charge in [-0.2, -0.15) is 0 Å². The van der Waals surface area contributed by atoms with Crippen molar-refractivity contribution in [1.82, 2.24) is 0 Å². The minimum absolute atomic E-state index is 0.104. The van der Waals surface area contributed by atoms with Crippen LogP contribution in [0.15, 0.2) is 291 Å². The third-order valence-corrected chi connectivity index (χ3v) is 13.8. The second kappa shape index (κ2) is 19.0. The first kappa shape index (κ1) is 42.4. The predicted octanol–water partition coefficient (Wildman–Crippen LogP) is 18.4. The van der Waals surface area contributed by atoms with E-state index in [1.807, 2.05) is 0 Å². The van der Waals surface area contributed by atoms with Crippen LogP contribution in [0.4, 0.5) is 34.1 Å². The van der Waals surface area contributed by atoms with Gasteiger partial charge in [-0.3, -0.25) is 0 Å². The van der Waals surface area contributed by atoms with Crippen LogP contribution >= 0.6 is 0 Å². The van der Waals surface area contributed by atoms with Crippen molar-refractivity contribution in [2.24, 2.45) is 0 Å². The van der Waals surface area contributed by atoms with Crippen LogP contribution < -0.4 is 9.80 Å². The van der Waals surface area contributed by atoms with Gasteiger partial charge in [-0.1, -0.05) is 231 Å². The van der Waals surface area contributed by atoms with Crippen molar-refractivity contribution < 1.29 is 0 Å². The Labute approximate surface area is 410 Å². The summed E-state index contributed by atoms with van der Waals surface area (Å²) in [4.78, 5) is 4.87. The summed E-state index contributed by atoms with van der Waals surface area (Å²) in [5.41, 5.74) is 14.2. The first-order valence-electron chi connectivity index (χ1n) is 24.2. The molecule has 70 heavy (non-hydrogen) atoms. The molecule has 0 aliphatic carbocycles. The molecule has 0 radical (unpaired) electrons. The van der Waals surface area contributed by atoms with Crippen LogP contribution in [0, 0.1) is 0 Å². The summed E-state index contributed by atoms with van der Waals surface area (Å²) in [6, 6.07) is 106. The highest BCUT2D eigenvalue weighted by molar-refractivity contribution is 6.26. The van der Waals surface area contributed by atoms with E-state index < -0.39 is 0 Å². The lowest BCUT2D eigenvalue weighted by molar-refractivity contribution is 0.977. The second-order valence-electron chi connectivity index (χ2n) is 18.0. The molecule has 0 atom stereocenters. The molecule has 0 heterocycles. The van der Waals surface area contributed by atoms with Gasteiger partial charge in [-0.15, -0.1) is 0 Å². The van der Waals surface area contributed by atoms with Crippen molar-refractivity contribution in [3.05, 3.63) is 325 Å². The third-order valence-electron chi connectivity index (χ3n) is 13.8. The molecule has 12 rings (SSSR count). The maximum absolute atomic E-state index is 2.43. The Morgan fingerprint density at radius 1 is 0.214 bits per heavy atom. The molecule has 332 valence electrons. The first-order valence-corrected chi connectivity index (χ1v) is 24.2. The van der Waals surface area contributed by atoms with Crippen LogP contribution in [0.5, 0.6) is 0 Å². The largest absolute Gasteiger partial charge is 0.310 e. The SMILES string of the molecule is c1ccc(C(c2ccccc2)c2ccc(N(c3ccccc3)c3cc4cc(N(c5ccccc5)c5ccc(C(c6ccccc6)c6ccccc6)cc5)c5ccccc5c4c4ccccc34)cc2)cc1. The Balaban J connectivity index is 1.04. The average Bonchev–Trinajstić information content (AvgIpc) is 3.44.